The van der Waals surface area contributed by atoms with Crippen molar-refractivity contribution in [3.05, 3.63) is 29.6 Å². The summed E-state index contributed by atoms with van der Waals surface area (Å²) < 4.78 is 28.7. The van der Waals surface area contributed by atoms with E-state index in [-0.39, 0.29) is 23.0 Å². The molecule has 5 nitrogen and oxygen atoms in total. The number of thiazole rings is 1. The summed E-state index contributed by atoms with van der Waals surface area (Å²) in [5.41, 5.74) is 1.67. The Labute approximate surface area is 153 Å². The molecule has 2 N–H and O–H groups in total. The number of benzene rings is 1. The molecule has 0 bridgehead atoms. The van der Waals surface area contributed by atoms with Crippen LogP contribution in [-0.4, -0.2) is 30.6 Å². The van der Waals surface area contributed by atoms with E-state index in [1.54, 1.807) is 12.1 Å². The Bertz CT molecular complexity index is 788. The molecule has 1 amide bonds. The predicted octanol–water partition coefficient (Wildman–Crippen LogP) is 3.74. The maximum atomic E-state index is 12.5. The van der Waals surface area contributed by atoms with Gasteiger partial charge >= 0.3 is 6.61 Å². The molecule has 1 atom stereocenters. The molecule has 1 aliphatic heterocycles. The normalized spacial score (nSPS) is 21.0. The van der Waals surface area contributed by atoms with Gasteiger partial charge in [-0.2, -0.15) is 8.78 Å². The summed E-state index contributed by atoms with van der Waals surface area (Å²) in [5.74, 6) is 0.240. The first-order valence-corrected chi connectivity index (χ1v) is 9.46. The zero-order valence-electron chi connectivity index (χ0n) is 14.0. The van der Waals surface area contributed by atoms with Crippen molar-refractivity contribution in [1.29, 1.82) is 0 Å². The monoisotopic (exact) mass is 379 g/mol. The number of nitrogens with one attached hydrogen (secondary N) is 2. The molecule has 1 unspecified atom stereocenters. The highest BCUT2D eigenvalue weighted by molar-refractivity contribution is 7.14. The van der Waals surface area contributed by atoms with E-state index in [1.807, 2.05) is 5.38 Å². The lowest BCUT2D eigenvalue weighted by Gasteiger charge is -2.22. The molecule has 1 aromatic carbocycles. The molecular weight excluding hydrogens is 360 g/mol. The van der Waals surface area contributed by atoms with E-state index in [0.29, 0.717) is 10.8 Å². The van der Waals surface area contributed by atoms with E-state index in [2.05, 4.69) is 20.4 Å². The number of hydrogen-bond donors (Lipinski definition) is 2. The second-order valence-electron chi connectivity index (χ2n) is 6.80. The van der Waals surface area contributed by atoms with Gasteiger partial charge in [0.25, 0.3) is 0 Å². The number of alkyl halides is 2. The van der Waals surface area contributed by atoms with Gasteiger partial charge < -0.3 is 15.4 Å². The van der Waals surface area contributed by atoms with E-state index in [4.69, 9.17) is 0 Å². The number of carbonyl (C=O) groups excluding carboxylic acids is 1. The summed E-state index contributed by atoms with van der Waals surface area (Å²) in [4.78, 5) is 16.9. The maximum absolute atomic E-state index is 12.5. The van der Waals surface area contributed by atoms with Crippen LogP contribution in [0.3, 0.4) is 0 Å². The van der Waals surface area contributed by atoms with Crippen LogP contribution in [0.5, 0.6) is 5.75 Å². The number of halogens is 2. The average Bonchev–Trinajstić information content (AvgIpc) is 3.11. The van der Waals surface area contributed by atoms with E-state index < -0.39 is 6.61 Å². The van der Waals surface area contributed by atoms with Gasteiger partial charge in [-0.05, 0) is 62.0 Å². The van der Waals surface area contributed by atoms with Crippen LogP contribution in [0.15, 0.2) is 29.6 Å². The fourth-order valence-electron chi connectivity index (χ4n) is 3.66. The second kappa shape index (κ2) is 6.92. The van der Waals surface area contributed by atoms with Gasteiger partial charge in [-0.1, -0.05) is 0 Å². The highest BCUT2D eigenvalue weighted by Crippen LogP contribution is 2.58. The summed E-state index contributed by atoms with van der Waals surface area (Å²) >= 11 is 1.36. The maximum Gasteiger partial charge on any atom is 0.387 e. The van der Waals surface area contributed by atoms with Gasteiger partial charge in [-0.15, -0.1) is 11.3 Å². The number of carbonyl (C=O) groups is 1. The third-order valence-corrected chi connectivity index (χ3v) is 5.97. The van der Waals surface area contributed by atoms with Crippen molar-refractivity contribution in [3.8, 4) is 17.0 Å². The van der Waals surface area contributed by atoms with Crippen LogP contribution in [0.25, 0.3) is 11.3 Å². The largest absolute Gasteiger partial charge is 0.435 e. The number of nitrogens with zero attached hydrogens (tertiary/aromatic N) is 1. The molecule has 0 radical (unpaired) electrons. The minimum atomic E-state index is -2.84. The molecule has 2 heterocycles. The lowest BCUT2D eigenvalue weighted by atomic mass is 9.92. The molecule has 1 spiro atoms. The van der Waals surface area contributed by atoms with Gasteiger partial charge in [0.05, 0.1) is 5.69 Å². The molecule has 1 saturated heterocycles. The first-order valence-electron chi connectivity index (χ1n) is 8.58. The first kappa shape index (κ1) is 17.4. The SMILES string of the molecule is O=C(Nc1nc(-c2ccc(OC(F)F)cc2)cs1)C1CC12CCNCC2. The van der Waals surface area contributed by atoms with Gasteiger partial charge in [-0.25, -0.2) is 4.98 Å². The van der Waals surface area contributed by atoms with Gasteiger partial charge in [-0.3, -0.25) is 4.79 Å². The Morgan fingerprint density at radius 1 is 1.31 bits per heavy atom. The minimum Gasteiger partial charge on any atom is -0.435 e. The summed E-state index contributed by atoms with van der Waals surface area (Å²) in [6, 6.07) is 6.29. The van der Waals surface area contributed by atoms with Crippen LogP contribution in [0.2, 0.25) is 0 Å². The molecule has 2 aromatic rings. The molecule has 1 aromatic heterocycles. The number of hydrogen-bond acceptors (Lipinski definition) is 5. The number of rotatable bonds is 5. The van der Waals surface area contributed by atoms with Gasteiger partial charge in [0, 0.05) is 16.9 Å². The quantitative estimate of drug-likeness (QED) is 0.831. The van der Waals surface area contributed by atoms with E-state index in [1.165, 1.54) is 23.5 Å². The zero-order valence-corrected chi connectivity index (χ0v) is 14.8. The fourth-order valence-corrected chi connectivity index (χ4v) is 4.38. The highest BCUT2D eigenvalue weighted by atomic mass is 32.1. The Balaban J connectivity index is 1.38. The minimum absolute atomic E-state index is 0.0495. The van der Waals surface area contributed by atoms with Crippen LogP contribution in [0.1, 0.15) is 19.3 Å². The molecule has 26 heavy (non-hydrogen) atoms. The first-order chi connectivity index (χ1) is 12.6. The van der Waals surface area contributed by atoms with Crippen molar-refractivity contribution in [2.24, 2.45) is 11.3 Å². The number of aromatic nitrogens is 1. The molecule has 8 heteroatoms. The summed E-state index contributed by atoms with van der Waals surface area (Å²) in [6.07, 6.45) is 3.08. The van der Waals surface area contributed by atoms with Crippen molar-refractivity contribution in [2.45, 2.75) is 25.9 Å². The Morgan fingerprint density at radius 3 is 2.73 bits per heavy atom. The van der Waals surface area contributed by atoms with Gasteiger partial charge in [0.2, 0.25) is 5.91 Å². The summed E-state index contributed by atoms with van der Waals surface area (Å²) in [5, 5.41) is 8.66. The Morgan fingerprint density at radius 2 is 2.04 bits per heavy atom. The average molecular weight is 379 g/mol. The number of ether oxygens (including phenoxy) is 1. The van der Waals surface area contributed by atoms with Crippen molar-refractivity contribution in [2.75, 3.05) is 18.4 Å². The second-order valence-corrected chi connectivity index (χ2v) is 7.66. The van der Waals surface area contributed by atoms with Crippen molar-refractivity contribution >= 4 is 22.4 Å². The Hall–Kier alpha value is -2.06. The van der Waals surface area contributed by atoms with E-state index in [9.17, 15) is 13.6 Å². The van der Waals surface area contributed by atoms with Crippen LogP contribution in [0, 0.1) is 11.3 Å². The fraction of sp³-hybridized carbons (Fsp3) is 0.444. The topological polar surface area (TPSA) is 63.2 Å². The molecule has 2 aliphatic rings. The lowest BCUT2D eigenvalue weighted by molar-refractivity contribution is -0.118. The van der Waals surface area contributed by atoms with Gasteiger partial charge in [0.1, 0.15) is 5.75 Å². The lowest BCUT2D eigenvalue weighted by Crippen LogP contribution is -2.31. The van der Waals surface area contributed by atoms with Crippen molar-refractivity contribution in [3.63, 3.8) is 0 Å². The molecular formula is C18H19F2N3O2S. The van der Waals surface area contributed by atoms with Crippen LogP contribution in [-0.2, 0) is 4.79 Å². The Kier molecular flexibility index (Phi) is 4.62. The van der Waals surface area contributed by atoms with Crippen molar-refractivity contribution < 1.29 is 18.3 Å². The van der Waals surface area contributed by atoms with Crippen LogP contribution in [0.4, 0.5) is 13.9 Å². The third-order valence-electron chi connectivity index (χ3n) is 5.22. The molecule has 1 saturated carbocycles. The molecule has 2 fully saturated rings. The van der Waals surface area contributed by atoms with E-state index in [0.717, 1.165) is 37.9 Å². The number of amides is 1. The van der Waals surface area contributed by atoms with Gasteiger partial charge in [0.15, 0.2) is 5.13 Å². The zero-order chi connectivity index (χ0) is 18.1. The summed E-state index contributed by atoms with van der Waals surface area (Å²) in [7, 11) is 0. The molecule has 138 valence electrons. The third kappa shape index (κ3) is 3.57. The standard InChI is InChI=1S/C18H19F2N3O2S/c19-16(20)25-12-3-1-11(2-4-12)14-10-26-17(22-14)23-15(24)13-9-18(13)5-7-21-8-6-18/h1-4,10,13,16,21H,5-9H2,(H,22,23,24). The molecule has 1 aliphatic carbocycles. The highest BCUT2D eigenvalue weighted by Gasteiger charge is 2.57. The summed E-state index contributed by atoms with van der Waals surface area (Å²) in [6.45, 7) is -0.875. The van der Waals surface area contributed by atoms with Crippen LogP contribution >= 0.6 is 11.3 Å². The van der Waals surface area contributed by atoms with Crippen LogP contribution < -0.4 is 15.4 Å². The number of piperidine rings is 1. The predicted molar refractivity (Wildman–Crippen MR) is 95.5 cm³/mol. The van der Waals surface area contributed by atoms with E-state index >= 15 is 0 Å². The molecule has 4 rings (SSSR count). The number of anilines is 1. The van der Waals surface area contributed by atoms with Crippen molar-refractivity contribution in [1.82, 2.24) is 10.3 Å². The smallest absolute Gasteiger partial charge is 0.387 e.